The maximum atomic E-state index is 13.1. The number of anilines is 2. The van der Waals surface area contributed by atoms with Crippen LogP contribution in [-0.4, -0.2) is 43.5 Å². The van der Waals surface area contributed by atoms with Crippen molar-refractivity contribution < 1.29 is 9.18 Å². The summed E-state index contributed by atoms with van der Waals surface area (Å²) in [6.07, 6.45) is 0.979. The van der Waals surface area contributed by atoms with Crippen molar-refractivity contribution in [3.8, 4) is 0 Å². The standard InChI is InChI=1S/C22H28FN3O/c1-17(2)20-6-3-4-7-21(20)24-22(27)16-25-12-5-13-26(15-14-25)19-10-8-18(23)9-11-19/h3-4,6-11,17H,5,12-16H2,1-2H3,(H,24,27). The lowest BCUT2D eigenvalue weighted by atomic mass is 10.0. The topological polar surface area (TPSA) is 35.6 Å². The largest absolute Gasteiger partial charge is 0.370 e. The van der Waals surface area contributed by atoms with Gasteiger partial charge in [-0.2, -0.15) is 0 Å². The third-order valence-corrected chi connectivity index (χ3v) is 5.00. The highest BCUT2D eigenvalue weighted by Crippen LogP contribution is 2.23. The molecule has 0 spiro atoms. The predicted molar refractivity (Wildman–Crippen MR) is 109 cm³/mol. The van der Waals surface area contributed by atoms with Crippen LogP contribution in [0.2, 0.25) is 0 Å². The molecule has 0 aliphatic carbocycles. The number of hydrogen-bond donors (Lipinski definition) is 1. The summed E-state index contributed by atoms with van der Waals surface area (Å²) < 4.78 is 13.1. The van der Waals surface area contributed by atoms with Crippen molar-refractivity contribution in [1.29, 1.82) is 0 Å². The molecular weight excluding hydrogens is 341 g/mol. The van der Waals surface area contributed by atoms with Gasteiger partial charge in [-0.05, 0) is 48.2 Å². The first-order valence-corrected chi connectivity index (χ1v) is 9.64. The highest BCUT2D eigenvalue weighted by molar-refractivity contribution is 5.93. The Kier molecular flexibility index (Phi) is 6.45. The van der Waals surface area contributed by atoms with Crippen LogP contribution in [0, 0.1) is 5.82 Å². The lowest BCUT2D eigenvalue weighted by Gasteiger charge is -2.23. The van der Waals surface area contributed by atoms with Gasteiger partial charge in [-0.25, -0.2) is 4.39 Å². The Hall–Kier alpha value is -2.40. The maximum Gasteiger partial charge on any atom is 0.238 e. The fraction of sp³-hybridized carbons (Fsp3) is 0.409. The first-order chi connectivity index (χ1) is 13.0. The van der Waals surface area contributed by atoms with E-state index in [0.29, 0.717) is 12.5 Å². The van der Waals surface area contributed by atoms with E-state index >= 15 is 0 Å². The maximum absolute atomic E-state index is 13.1. The molecule has 1 heterocycles. The second kappa shape index (κ2) is 9.00. The second-order valence-corrected chi connectivity index (χ2v) is 7.38. The van der Waals surface area contributed by atoms with Crippen LogP contribution < -0.4 is 10.2 Å². The number of halogens is 1. The lowest BCUT2D eigenvalue weighted by Crippen LogP contribution is -2.36. The van der Waals surface area contributed by atoms with Gasteiger partial charge in [-0.1, -0.05) is 32.0 Å². The van der Waals surface area contributed by atoms with E-state index in [2.05, 4.69) is 35.0 Å². The Morgan fingerprint density at radius 3 is 2.52 bits per heavy atom. The molecule has 2 aromatic carbocycles. The molecule has 0 radical (unpaired) electrons. The Balaban J connectivity index is 1.55. The minimum absolute atomic E-state index is 0.0262. The third kappa shape index (κ3) is 5.30. The van der Waals surface area contributed by atoms with Gasteiger partial charge < -0.3 is 10.2 Å². The van der Waals surface area contributed by atoms with Crippen LogP contribution in [0.25, 0.3) is 0 Å². The van der Waals surface area contributed by atoms with Crippen molar-refractivity contribution in [1.82, 2.24) is 4.90 Å². The summed E-state index contributed by atoms with van der Waals surface area (Å²) in [6.45, 7) is 8.10. The highest BCUT2D eigenvalue weighted by atomic mass is 19.1. The van der Waals surface area contributed by atoms with E-state index in [1.54, 1.807) is 0 Å². The molecular formula is C22H28FN3O. The Labute approximate surface area is 161 Å². The molecule has 144 valence electrons. The number of hydrogen-bond acceptors (Lipinski definition) is 3. The van der Waals surface area contributed by atoms with E-state index in [-0.39, 0.29) is 11.7 Å². The second-order valence-electron chi connectivity index (χ2n) is 7.38. The number of amides is 1. The Morgan fingerprint density at radius 1 is 1.04 bits per heavy atom. The van der Waals surface area contributed by atoms with Gasteiger partial charge in [0.05, 0.1) is 6.54 Å². The molecule has 5 heteroatoms. The van der Waals surface area contributed by atoms with Crippen molar-refractivity contribution in [3.05, 3.63) is 59.9 Å². The zero-order chi connectivity index (χ0) is 19.2. The van der Waals surface area contributed by atoms with Gasteiger partial charge in [0, 0.05) is 37.6 Å². The molecule has 1 aliphatic rings. The fourth-order valence-electron chi connectivity index (χ4n) is 3.55. The molecule has 1 amide bonds. The quantitative estimate of drug-likeness (QED) is 0.862. The van der Waals surface area contributed by atoms with E-state index in [0.717, 1.165) is 49.5 Å². The SMILES string of the molecule is CC(C)c1ccccc1NC(=O)CN1CCCN(c2ccc(F)cc2)CC1. The summed E-state index contributed by atoms with van der Waals surface area (Å²) in [5.74, 6) is 0.177. The molecule has 27 heavy (non-hydrogen) atoms. The highest BCUT2D eigenvalue weighted by Gasteiger charge is 2.18. The predicted octanol–water partition coefficient (Wildman–Crippen LogP) is 4.10. The normalized spacial score (nSPS) is 15.6. The van der Waals surface area contributed by atoms with Gasteiger partial charge in [0.25, 0.3) is 0 Å². The van der Waals surface area contributed by atoms with Crippen LogP contribution in [0.15, 0.2) is 48.5 Å². The van der Waals surface area contributed by atoms with E-state index in [1.165, 1.54) is 12.1 Å². The zero-order valence-corrected chi connectivity index (χ0v) is 16.1. The lowest BCUT2D eigenvalue weighted by molar-refractivity contribution is -0.117. The molecule has 0 bridgehead atoms. The summed E-state index contributed by atoms with van der Waals surface area (Å²) in [7, 11) is 0. The number of rotatable bonds is 5. The van der Waals surface area contributed by atoms with Crippen molar-refractivity contribution in [2.45, 2.75) is 26.2 Å². The molecule has 0 atom stereocenters. The average Bonchev–Trinajstić information content (AvgIpc) is 2.88. The van der Waals surface area contributed by atoms with Gasteiger partial charge >= 0.3 is 0 Å². The molecule has 1 fully saturated rings. The first kappa shape index (κ1) is 19.4. The molecule has 1 aliphatic heterocycles. The van der Waals surface area contributed by atoms with Gasteiger partial charge in [0.1, 0.15) is 5.82 Å². The fourth-order valence-corrected chi connectivity index (χ4v) is 3.55. The van der Waals surface area contributed by atoms with Crippen molar-refractivity contribution in [3.63, 3.8) is 0 Å². The number of nitrogens with zero attached hydrogens (tertiary/aromatic N) is 2. The van der Waals surface area contributed by atoms with E-state index in [1.807, 2.05) is 30.3 Å². The average molecular weight is 369 g/mol. The molecule has 3 rings (SSSR count). The molecule has 1 N–H and O–H groups in total. The van der Waals surface area contributed by atoms with Gasteiger partial charge in [0.15, 0.2) is 0 Å². The smallest absolute Gasteiger partial charge is 0.238 e. The first-order valence-electron chi connectivity index (χ1n) is 9.64. The van der Waals surface area contributed by atoms with Gasteiger partial charge in [-0.3, -0.25) is 9.69 Å². The molecule has 1 saturated heterocycles. The van der Waals surface area contributed by atoms with Crippen molar-refractivity contribution in [2.75, 3.05) is 42.9 Å². The molecule has 0 aromatic heterocycles. The van der Waals surface area contributed by atoms with E-state index in [9.17, 15) is 9.18 Å². The zero-order valence-electron chi connectivity index (χ0n) is 16.1. The number of para-hydroxylation sites is 1. The van der Waals surface area contributed by atoms with Crippen LogP contribution >= 0.6 is 0 Å². The summed E-state index contributed by atoms with van der Waals surface area (Å²) in [4.78, 5) is 17.0. The Morgan fingerprint density at radius 2 is 1.78 bits per heavy atom. The van der Waals surface area contributed by atoms with Crippen LogP contribution in [0.5, 0.6) is 0 Å². The van der Waals surface area contributed by atoms with E-state index < -0.39 is 0 Å². The number of benzene rings is 2. The van der Waals surface area contributed by atoms with Crippen LogP contribution in [0.3, 0.4) is 0 Å². The van der Waals surface area contributed by atoms with Gasteiger partial charge in [-0.15, -0.1) is 0 Å². The summed E-state index contributed by atoms with van der Waals surface area (Å²) >= 11 is 0. The third-order valence-electron chi connectivity index (χ3n) is 5.00. The summed E-state index contributed by atoms with van der Waals surface area (Å²) in [5.41, 5.74) is 3.10. The summed E-state index contributed by atoms with van der Waals surface area (Å²) in [6, 6.07) is 14.6. The van der Waals surface area contributed by atoms with Crippen LogP contribution in [0.4, 0.5) is 15.8 Å². The summed E-state index contributed by atoms with van der Waals surface area (Å²) in [5, 5.41) is 3.07. The number of nitrogens with one attached hydrogen (secondary N) is 1. The molecule has 0 saturated carbocycles. The minimum atomic E-state index is -0.214. The van der Waals surface area contributed by atoms with E-state index in [4.69, 9.17) is 0 Å². The number of carbonyl (C=O) groups excluding carboxylic acids is 1. The van der Waals surface area contributed by atoms with Crippen molar-refractivity contribution >= 4 is 17.3 Å². The van der Waals surface area contributed by atoms with Crippen LogP contribution in [-0.2, 0) is 4.79 Å². The minimum Gasteiger partial charge on any atom is -0.370 e. The Bertz CT molecular complexity index is 760. The number of carbonyl (C=O) groups is 1. The van der Waals surface area contributed by atoms with Crippen LogP contribution in [0.1, 0.15) is 31.7 Å². The molecule has 0 unspecified atom stereocenters. The molecule has 2 aromatic rings. The van der Waals surface area contributed by atoms with Gasteiger partial charge in [0.2, 0.25) is 5.91 Å². The molecule has 4 nitrogen and oxygen atoms in total. The van der Waals surface area contributed by atoms with Crippen molar-refractivity contribution in [2.24, 2.45) is 0 Å². The monoisotopic (exact) mass is 369 g/mol.